The number of benzene rings is 2. The molecule has 0 aromatic heterocycles. The second-order valence-corrected chi connectivity index (χ2v) is 7.97. The maximum atomic E-state index is 13.1. The molecule has 2 aliphatic rings. The van der Waals surface area contributed by atoms with Crippen molar-refractivity contribution in [2.75, 3.05) is 10.6 Å². The largest absolute Gasteiger partial charge is 0.478 e. The van der Waals surface area contributed by atoms with Gasteiger partial charge in [-0.2, -0.15) is 0 Å². The number of rotatable bonds is 2. The van der Waals surface area contributed by atoms with E-state index in [2.05, 4.69) is 24.5 Å². The van der Waals surface area contributed by atoms with Crippen LogP contribution in [0.3, 0.4) is 0 Å². The second-order valence-electron chi connectivity index (χ2n) is 7.97. The fourth-order valence-corrected chi connectivity index (χ4v) is 4.07. The molecule has 1 aliphatic heterocycles. The van der Waals surface area contributed by atoms with Crippen LogP contribution in [0.5, 0.6) is 0 Å². The first kappa shape index (κ1) is 17.3. The summed E-state index contributed by atoms with van der Waals surface area (Å²) in [6.07, 6.45) is 1.17. The molecule has 27 heavy (non-hydrogen) atoms. The van der Waals surface area contributed by atoms with E-state index in [-0.39, 0.29) is 16.8 Å². The molecule has 2 aromatic carbocycles. The quantitative estimate of drug-likeness (QED) is 0.727. The molecule has 5 heteroatoms. The Balaban J connectivity index is 1.94. The van der Waals surface area contributed by atoms with Gasteiger partial charge in [0.25, 0.3) is 0 Å². The number of hydrogen-bond acceptors (Lipinski definition) is 4. The number of aromatic carboxylic acids is 1. The van der Waals surface area contributed by atoms with Crippen LogP contribution in [0.25, 0.3) is 0 Å². The summed E-state index contributed by atoms with van der Waals surface area (Å²) < 4.78 is 0. The molecular weight excluding hydrogens is 340 g/mol. The van der Waals surface area contributed by atoms with Crippen molar-refractivity contribution in [3.63, 3.8) is 0 Å². The van der Waals surface area contributed by atoms with E-state index < -0.39 is 12.0 Å². The summed E-state index contributed by atoms with van der Waals surface area (Å²) in [4.78, 5) is 24.9. The van der Waals surface area contributed by atoms with Gasteiger partial charge in [0.2, 0.25) is 0 Å². The van der Waals surface area contributed by atoms with Gasteiger partial charge in [0, 0.05) is 17.7 Å². The van der Waals surface area contributed by atoms with E-state index in [9.17, 15) is 14.7 Å². The Labute approximate surface area is 158 Å². The molecule has 0 radical (unpaired) electrons. The number of carbonyl (C=O) groups is 2. The number of carboxylic acid groups (broad SMARTS) is 1. The van der Waals surface area contributed by atoms with Crippen LogP contribution < -0.4 is 10.6 Å². The van der Waals surface area contributed by atoms with Crippen molar-refractivity contribution < 1.29 is 14.7 Å². The Morgan fingerprint density at radius 3 is 2.44 bits per heavy atom. The van der Waals surface area contributed by atoms with Crippen molar-refractivity contribution in [3.05, 3.63) is 70.9 Å². The third-order valence-electron chi connectivity index (χ3n) is 5.22. The van der Waals surface area contributed by atoms with Gasteiger partial charge in [-0.3, -0.25) is 4.79 Å². The Morgan fingerprint density at radius 2 is 1.70 bits per heavy atom. The van der Waals surface area contributed by atoms with Gasteiger partial charge < -0.3 is 15.7 Å². The average Bonchev–Trinajstić information content (AvgIpc) is 2.76. The minimum atomic E-state index is -0.997. The fraction of sp³-hybridized carbons (Fsp3) is 0.273. The third-order valence-corrected chi connectivity index (χ3v) is 5.22. The summed E-state index contributed by atoms with van der Waals surface area (Å²) in [6, 6.07) is 14.1. The monoisotopic (exact) mass is 362 g/mol. The Kier molecular flexibility index (Phi) is 4.02. The number of carboxylic acids is 1. The van der Waals surface area contributed by atoms with Crippen LogP contribution in [-0.2, 0) is 4.79 Å². The molecule has 0 saturated carbocycles. The topological polar surface area (TPSA) is 78.4 Å². The summed E-state index contributed by atoms with van der Waals surface area (Å²) in [5, 5.41) is 16.5. The lowest BCUT2D eigenvalue weighted by Crippen LogP contribution is -2.32. The smallest absolute Gasteiger partial charge is 0.336 e. The number of para-hydroxylation sites is 2. The van der Waals surface area contributed by atoms with Gasteiger partial charge in [-0.05, 0) is 35.6 Å². The van der Waals surface area contributed by atoms with E-state index in [4.69, 9.17) is 0 Å². The molecule has 4 rings (SSSR count). The van der Waals surface area contributed by atoms with Gasteiger partial charge >= 0.3 is 5.97 Å². The molecule has 0 saturated heterocycles. The first-order valence-electron chi connectivity index (χ1n) is 9.07. The van der Waals surface area contributed by atoms with Crippen LogP contribution in [0.1, 0.15) is 48.7 Å². The van der Waals surface area contributed by atoms with Gasteiger partial charge in [0.15, 0.2) is 5.78 Å². The summed E-state index contributed by atoms with van der Waals surface area (Å²) in [7, 11) is 0. The highest BCUT2D eigenvalue weighted by Gasteiger charge is 2.39. The van der Waals surface area contributed by atoms with Gasteiger partial charge in [-0.25, -0.2) is 4.79 Å². The first-order valence-corrected chi connectivity index (χ1v) is 9.07. The van der Waals surface area contributed by atoms with E-state index in [0.717, 1.165) is 23.5 Å². The van der Waals surface area contributed by atoms with E-state index in [0.29, 0.717) is 17.6 Å². The number of nitrogens with one attached hydrogen (secondary N) is 2. The predicted octanol–water partition coefficient (Wildman–Crippen LogP) is 4.61. The predicted molar refractivity (Wildman–Crippen MR) is 105 cm³/mol. The number of anilines is 2. The fourth-order valence-electron chi connectivity index (χ4n) is 4.07. The van der Waals surface area contributed by atoms with E-state index in [1.807, 2.05) is 30.3 Å². The summed E-state index contributed by atoms with van der Waals surface area (Å²) in [6.45, 7) is 4.17. The molecule has 0 amide bonds. The number of fused-ring (bicyclic) bond motifs is 1. The number of allylic oxidation sites excluding steroid dienone is 1. The lowest BCUT2D eigenvalue weighted by atomic mass is 9.73. The number of Topliss-reactive ketones (excluding diaryl/α,β-unsaturated/α-hetero) is 1. The molecule has 3 N–H and O–H groups in total. The van der Waals surface area contributed by atoms with E-state index >= 15 is 0 Å². The highest BCUT2D eigenvalue weighted by molar-refractivity contribution is 6.02. The molecule has 0 bridgehead atoms. The van der Waals surface area contributed by atoms with Crippen LogP contribution in [0, 0.1) is 5.41 Å². The molecule has 1 unspecified atom stereocenters. The van der Waals surface area contributed by atoms with Crippen LogP contribution in [-0.4, -0.2) is 16.9 Å². The lowest BCUT2D eigenvalue weighted by molar-refractivity contribution is -0.118. The molecule has 5 nitrogen and oxygen atoms in total. The molecule has 0 fully saturated rings. The second kappa shape index (κ2) is 6.27. The van der Waals surface area contributed by atoms with Crippen LogP contribution in [0.2, 0.25) is 0 Å². The maximum absolute atomic E-state index is 13.1. The molecule has 2 aromatic rings. The van der Waals surface area contributed by atoms with Crippen molar-refractivity contribution in [1.29, 1.82) is 0 Å². The summed E-state index contributed by atoms with van der Waals surface area (Å²) in [5.74, 6) is -0.942. The van der Waals surface area contributed by atoms with E-state index in [1.165, 1.54) is 0 Å². The zero-order valence-electron chi connectivity index (χ0n) is 15.4. The first-order chi connectivity index (χ1) is 12.9. The van der Waals surface area contributed by atoms with Crippen LogP contribution >= 0.6 is 0 Å². The number of ketones is 1. The SMILES string of the molecule is CC1(C)CC(=O)C2=C(C1)Nc1ccccc1NC2c1ccccc1C(=O)O. The third kappa shape index (κ3) is 3.10. The van der Waals surface area contributed by atoms with Gasteiger partial charge in [-0.1, -0.05) is 44.2 Å². The zero-order chi connectivity index (χ0) is 19.2. The van der Waals surface area contributed by atoms with E-state index in [1.54, 1.807) is 18.2 Å². The molecule has 138 valence electrons. The Bertz CT molecular complexity index is 975. The van der Waals surface area contributed by atoms with Gasteiger partial charge in [0.1, 0.15) is 0 Å². The minimum absolute atomic E-state index is 0.0549. The zero-order valence-corrected chi connectivity index (χ0v) is 15.4. The molecule has 0 spiro atoms. The van der Waals surface area contributed by atoms with Gasteiger partial charge in [-0.15, -0.1) is 0 Å². The molecular formula is C22H22N2O3. The maximum Gasteiger partial charge on any atom is 0.336 e. The average molecular weight is 362 g/mol. The van der Waals surface area contributed by atoms with Gasteiger partial charge in [0.05, 0.1) is 23.0 Å². The van der Waals surface area contributed by atoms with Crippen LogP contribution in [0.15, 0.2) is 59.8 Å². The number of hydrogen-bond donors (Lipinski definition) is 3. The molecule has 1 atom stereocenters. The van der Waals surface area contributed by atoms with Crippen molar-refractivity contribution >= 4 is 23.1 Å². The molecule has 1 heterocycles. The number of carbonyl (C=O) groups excluding carboxylic acids is 1. The van der Waals surface area contributed by atoms with Crippen molar-refractivity contribution in [2.45, 2.75) is 32.7 Å². The lowest BCUT2D eigenvalue weighted by Gasteiger charge is -2.34. The summed E-state index contributed by atoms with van der Waals surface area (Å²) in [5.41, 5.74) is 3.92. The highest BCUT2D eigenvalue weighted by atomic mass is 16.4. The minimum Gasteiger partial charge on any atom is -0.478 e. The van der Waals surface area contributed by atoms with Crippen molar-refractivity contribution in [2.24, 2.45) is 5.41 Å². The highest BCUT2D eigenvalue weighted by Crippen LogP contribution is 2.45. The standard InChI is InChI=1S/C22H22N2O3/c1-22(2)11-17-19(18(25)12-22)20(13-7-3-4-8-14(13)21(26)27)24-16-10-6-5-9-15(16)23-17/h3-10,20,23-24H,11-12H2,1-2H3,(H,26,27). The normalized spacial score (nSPS) is 20.7. The van der Waals surface area contributed by atoms with Crippen molar-refractivity contribution in [3.8, 4) is 0 Å². The Morgan fingerprint density at radius 1 is 1.04 bits per heavy atom. The Hall–Kier alpha value is -3.08. The van der Waals surface area contributed by atoms with Crippen LogP contribution in [0.4, 0.5) is 11.4 Å². The van der Waals surface area contributed by atoms with Crippen molar-refractivity contribution in [1.82, 2.24) is 0 Å². The summed E-state index contributed by atoms with van der Waals surface area (Å²) >= 11 is 0. The molecule has 1 aliphatic carbocycles.